The predicted molar refractivity (Wildman–Crippen MR) is 43.5 cm³/mol. The summed E-state index contributed by atoms with van der Waals surface area (Å²) in [4.78, 5) is 9.94. The van der Waals surface area contributed by atoms with Crippen LogP contribution in [0.25, 0.3) is 0 Å². The maximum Gasteiger partial charge on any atom is 0.196 e. The average Bonchev–Trinajstić information content (AvgIpc) is 2.23. The molecule has 7 nitrogen and oxygen atoms in total. The van der Waals surface area contributed by atoms with Crippen molar-refractivity contribution in [1.29, 1.82) is 0 Å². The molecule has 0 bridgehead atoms. The number of hydrogen-bond donors (Lipinski definition) is 6. The summed E-state index contributed by atoms with van der Waals surface area (Å²) in [6, 6.07) is 0. The third-order valence-corrected chi connectivity index (χ3v) is 1.56. The van der Waals surface area contributed by atoms with Crippen LogP contribution in [0.5, 0.6) is 0 Å². The highest BCUT2D eigenvalue weighted by molar-refractivity contribution is 5.70. The molecule has 3 atom stereocenters. The minimum atomic E-state index is -2.04. The molecule has 0 aromatic heterocycles. The minimum Gasteiger partial charge on any atom is -0.506 e. The van der Waals surface area contributed by atoms with E-state index in [1.54, 1.807) is 0 Å². The molecule has 3 unspecified atom stereocenters. The Balaban J connectivity index is 4.61. The maximum atomic E-state index is 9.94. The third-order valence-electron chi connectivity index (χ3n) is 1.56. The largest absolute Gasteiger partial charge is 0.506 e. The van der Waals surface area contributed by atoms with E-state index in [1.807, 2.05) is 0 Å². The molecule has 0 saturated carbocycles. The lowest BCUT2D eigenvalue weighted by Crippen LogP contribution is -2.40. The molecule has 7 heteroatoms. The molecule has 0 aliphatic heterocycles. The van der Waals surface area contributed by atoms with Gasteiger partial charge in [0.05, 0.1) is 6.61 Å². The normalized spacial score (nSPS) is 19.4. The fraction of sp³-hybridized carbons (Fsp3) is 0.571. The number of aldehydes is 1. The predicted octanol–water partition coefficient (Wildman–Crippen LogP) is -2.41. The number of carbonyl (C=O) groups is 1. The standard InChI is InChI=1S/C7H12O7/c8-1-3(10)5(12)7(14)6(13)4(11)2-9/h1,4,6-7,9-14H,2H2/b5-3-. The van der Waals surface area contributed by atoms with E-state index in [0.717, 1.165) is 0 Å². The number of aliphatic hydroxyl groups is 6. The zero-order valence-electron chi connectivity index (χ0n) is 7.11. The summed E-state index contributed by atoms with van der Waals surface area (Å²) in [7, 11) is 0. The third kappa shape index (κ3) is 2.96. The Morgan fingerprint density at radius 2 is 1.71 bits per heavy atom. The molecule has 0 aromatic carbocycles. The maximum absolute atomic E-state index is 9.94. The number of rotatable bonds is 5. The van der Waals surface area contributed by atoms with Crippen LogP contribution in [-0.4, -0.2) is 61.8 Å². The van der Waals surface area contributed by atoms with Gasteiger partial charge in [-0.2, -0.15) is 0 Å². The first kappa shape index (κ1) is 12.8. The second-order valence-corrected chi connectivity index (χ2v) is 2.57. The molecule has 0 saturated heterocycles. The van der Waals surface area contributed by atoms with Gasteiger partial charge >= 0.3 is 0 Å². The fourth-order valence-electron chi connectivity index (χ4n) is 0.692. The van der Waals surface area contributed by atoms with Crippen molar-refractivity contribution in [2.45, 2.75) is 18.3 Å². The summed E-state index contributed by atoms with van der Waals surface area (Å²) < 4.78 is 0. The van der Waals surface area contributed by atoms with Crippen molar-refractivity contribution < 1.29 is 35.4 Å². The van der Waals surface area contributed by atoms with Crippen LogP contribution >= 0.6 is 0 Å². The molecule has 0 fully saturated rings. The van der Waals surface area contributed by atoms with E-state index in [9.17, 15) is 4.79 Å². The van der Waals surface area contributed by atoms with Crippen LogP contribution in [0.3, 0.4) is 0 Å². The SMILES string of the molecule is O=C/C(O)=C(/O)C(O)C(O)C(O)CO. The van der Waals surface area contributed by atoms with Crippen molar-refractivity contribution in [1.82, 2.24) is 0 Å². The Bertz CT molecular complexity index is 224. The molecule has 0 heterocycles. The van der Waals surface area contributed by atoms with Gasteiger partial charge in [0.1, 0.15) is 18.3 Å². The molecule has 0 radical (unpaired) electrons. The number of hydrogen-bond acceptors (Lipinski definition) is 7. The van der Waals surface area contributed by atoms with Crippen LogP contribution in [0.2, 0.25) is 0 Å². The fourth-order valence-corrected chi connectivity index (χ4v) is 0.692. The van der Waals surface area contributed by atoms with E-state index in [4.69, 9.17) is 30.6 Å². The lowest BCUT2D eigenvalue weighted by molar-refractivity contribution is -0.108. The Morgan fingerprint density at radius 1 is 1.21 bits per heavy atom. The minimum absolute atomic E-state index is 0.142. The molecule has 6 N–H and O–H groups in total. The van der Waals surface area contributed by atoms with Crippen molar-refractivity contribution in [2.75, 3.05) is 6.61 Å². The van der Waals surface area contributed by atoms with Gasteiger partial charge in [0.2, 0.25) is 0 Å². The lowest BCUT2D eigenvalue weighted by atomic mass is 10.1. The molecule has 0 rings (SSSR count). The number of allylic oxidation sites excluding steroid dienone is 1. The van der Waals surface area contributed by atoms with Gasteiger partial charge in [-0.1, -0.05) is 0 Å². The molecule has 0 amide bonds. The van der Waals surface area contributed by atoms with Gasteiger partial charge in [0.15, 0.2) is 17.8 Å². The van der Waals surface area contributed by atoms with Crippen LogP contribution in [0.15, 0.2) is 11.5 Å². The lowest BCUT2D eigenvalue weighted by Gasteiger charge is -2.20. The summed E-state index contributed by atoms with van der Waals surface area (Å²) in [5.74, 6) is -2.32. The Labute approximate surface area is 79.2 Å². The first-order valence-electron chi connectivity index (χ1n) is 3.68. The second kappa shape index (κ2) is 5.55. The van der Waals surface area contributed by atoms with Crippen molar-refractivity contribution in [3.05, 3.63) is 11.5 Å². The van der Waals surface area contributed by atoms with Crippen molar-refractivity contribution in [3.63, 3.8) is 0 Å². The first-order valence-corrected chi connectivity index (χ1v) is 3.68. The van der Waals surface area contributed by atoms with Gasteiger partial charge in [-0.25, -0.2) is 0 Å². The monoisotopic (exact) mass is 208 g/mol. The molecule has 0 aromatic rings. The van der Waals surface area contributed by atoms with Crippen molar-refractivity contribution in [2.24, 2.45) is 0 Å². The summed E-state index contributed by atoms with van der Waals surface area (Å²) in [6.07, 6.45) is -5.77. The van der Waals surface area contributed by atoms with Crippen LogP contribution in [-0.2, 0) is 4.79 Å². The Hall–Kier alpha value is -1.15. The van der Waals surface area contributed by atoms with Gasteiger partial charge < -0.3 is 30.6 Å². The van der Waals surface area contributed by atoms with E-state index in [-0.39, 0.29) is 6.29 Å². The molecule has 0 spiro atoms. The quantitative estimate of drug-likeness (QED) is 0.168. The molecule has 82 valence electrons. The van der Waals surface area contributed by atoms with E-state index in [1.165, 1.54) is 0 Å². The second-order valence-electron chi connectivity index (χ2n) is 2.57. The molecule has 14 heavy (non-hydrogen) atoms. The van der Waals surface area contributed by atoms with Gasteiger partial charge in [0.25, 0.3) is 0 Å². The first-order chi connectivity index (χ1) is 6.45. The van der Waals surface area contributed by atoms with Crippen molar-refractivity contribution in [3.8, 4) is 0 Å². The highest BCUT2D eigenvalue weighted by Crippen LogP contribution is 2.09. The topological polar surface area (TPSA) is 138 Å². The van der Waals surface area contributed by atoms with Gasteiger partial charge in [-0.05, 0) is 0 Å². The zero-order chi connectivity index (χ0) is 11.3. The van der Waals surface area contributed by atoms with E-state index in [2.05, 4.69) is 0 Å². The summed E-state index contributed by atoms with van der Waals surface area (Å²) >= 11 is 0. The van der Waals surface area contributed by atoms with Crippen LogP contribution in [0, 0.1) is 0 Å². The molecular formula is C7H12O7. The summed E-state index contributed by atoms with van der Waals surface area (Å²) in [5, 5.41) is 52.8. The average molecular weight is 208 g/mol. The van der Waals surface area contributed by atoms with Crippen molar-refractivity contribution >= 4 is 6.29 Å². The highest BCUT2D eigenvalue weighted by Gasteiger charge is 2.29. The summed E-state index contributed by atoms with van der Waals surface area (Å²) in [6.45, 7) is -0.840. The highest BCUT2D eigenvalue weighted by atomic mass is 16.4. The van der Waals surface area contributed by atoms with E-state index in [0.29, 0.717) is 0 Å². The van der Waals surface area contributed by atoms with Crippen LogP contribution < -0.4 is 0 Å². The molecule has 0 aliphatic rings. The Kier molecular flexibility index (Phi) is 5.10. The van der Waals surface area contributed by atoms with Crippen LogP contribution in [0.1, 0.15) is 0 Å². The molecule has 0 aliphatic carbocycles. The van der Waals surface area contributed by atoms with Gasteiger partial charge in [-0.15, -0.1) is 0 Å². The zero-order valence-corrected chi connectivity index (χ0v) is 7.11. The smallest absolute Gasteiger partial charge is 0.196 e. The van der Waals surface area contributed by atoms with Gasteiger partial charge in [0, 0.05) is 0 Å². The van der Waals surface area contributed by atoms with Gasteiger partial charge in [-0.3, -0.25) is 4.79 Å². The van der Waals surface area contributed by atoms with Crippen LogP contribution in [0.4, 0.5) is 0 Å². The van der Waals surface area contributed by atoms with E-state index >= 15 is 0 Å². The Morgan fingerprint density at radius 3 is 2.07 bits per heavy atom. The number of carbonyl (C=O) groups excluding carboxylic acids is 1. The number of aliphatic hydroxyl groups excluding tert-OH is 6. The molecular weight excluding hydrogens is 196 g/mol. The summed E-state index contributed by atoms with van der Waals surface area (Å²) in [5.41, 5.74) is 0. The van der Waals surface area contributed by atoms with E-state index < -0.39 is 36.4 Å².